The molecular formula is C73H95N11O9S2. The summed E-state index contributed by atoms with van der Waals surface area (Å²) in [6.45, 7) is 17.0. The van der Waals surface area contributed by atoms with Gasteiger partial charge in [-0.2, -0.15) is 0 Å². The Kier molecular flexibility index (Phi) is 27.4. The molecule has 8 N–H and O–H groups in total. The number of hydrogen-bond donors (Lipinski definition) is 8. The smallest absolute Gasteiger partial charge is 0.407 e. The first-order valence-corrected chi connectivity index (χ1v) is 34.6. The van der Waals surface area contributed by atoms with E-state index in [2.05, 4.69) is 65.2 Å². The minimum absolute atomic E-state index is 0.0671. The molecule has 0 unspecified atom stereocenters. The highest BCUT2D eigenvalue weighted by Gasteiger charge is 2.38. The normalized spacial score (nSPS) is 17.6. The number of hydrogen-bond acceptors (Lipinski definition) is 16. The van der Waals surface area contributed by atoms with E-state index in [0.29, 0.717) is 57.8 Å². The highest BCUT2D eigenvalue weighted by atomic mass is 32.1. The van der Waals surface area contributed by atoms with E-state index in [-0.39, 0.29) is 55.7 Å². The summed E-state index contributed by atoms with van der Waals surface area (Å²) in [5.41, 5.74) is 8.03. The van der Waals surface area contributed by atoms with Gasteiger partial charge in [-0.05, 0) is 98.2 Å². The molecule has 0 bridgehead atoms. The van der Waals surface area contributed by atoms with Crippen LogP contribution in [0.2, 0.25) is 0 Å². The van der Waals surface area contributed by atoms with Crippen LogP contribution in [-0.2, 0) is 64.5 Å². The molecule has 0 radical (unpaired) electrons. The number of amides is 6. The summed E-state index contributed by atoms with van der Waals surface area (Å²) in [6.07, 6.45) is 4.10. The molecule has 4 aromatic carbocycles. The second-order valence-electron chi connectivity index (χ2n) is 26.6. The van der Waals surface area contributed by atoms with Crippen LogP contribution in [0.5, 0.6) is 0 Å². The number of carbonyl (C=O) groups excluding carboxylic acids is 5. The van der Waals surface area contributed by atoms with Crippen molar-refractivity contribution in [1.29, 1.82) is 0 Å². The molecule has 95 heavy (non-hydrogen) atoms. The first kappa shape index (κ1) is 72.9. The molecular weight excluding hydrogens is 1240 g/mol. The van der Waals surface area contributed by atoms with Crippen LogP contribution in [-0.4, -0.2) is 156 Å². The van der Waals surface area contributed by atoms with Crippen molar-refractivity contribution in [2.24, 2.45) is 11.8 Å². The van der Waals surface area contributed by atoms with Crippen molar-refractivity contribution < 1.29 is 44.0 Å². The van der Waals surface area contributed by atoms with E-state index >= 15 is 0 Å². The highest BCUT2D eigenvalue weighted by Crippen LogP contribution is 2.32. The van der Waals surface area contributed by atoms with Gasteiger partial charge in [0.05, 0.1) is 58.0 Å². The van der Waals surface area contributed by atoms with Crippen LogP contribution < -0.4 is 26.6 Å². The Morgan fingerprint density at radius 2 is 1.39 bits per heavy atom. The van der Waals surface area contributed by atoms with Crippen molar-refractivity contribution in [2.75, 3.05) is 33.2 Å². The molecule has 2 aliphatic rings. The topological polar surface area (TPSA) is 264 Å². The number of fused-ring (bicyclic) bond motifs is 1. The number of aliphatic hydroxyl groups excluding tert-OH is 3. The maximum atomic E-state index is 13.9. The summed E-state index contributed by atoms with van der Waals surface area (Å²) < 4.78 is 5.42. The summed E-state index contributed by atoms with van der Waals surface area (Å²) in [7, 11) is 1.68. The number of thiazole rings is 2. The number of carbonyl (C=O) groups is 5. The molecule has 9 rings (SSSR count). The van der Waals surface area contributed by atoms with E-state index in [0.717, 1.165) is 55.5 Å². The fourth-order valence-electron chi connectivity index (χ4n) is 12.0. The van der Waals surface area contributed by atoms with Crippen LogP contribution >= 0.6 is 22.7 Å². The predicted molar refractivity (Wildman–Crippen MR) is 371 cm³/mol. The lowest BCUT2D eigenvalue weighted by Crippen LogP contribution is -2.61. The standard InChI is InChI=1S/C37H48N6O5S2.C36H47N5O4/c1-24(2)33(42-36(46)43(5)20-29-22-49-35(40-29)25(3)4)34(45)39-28(16-26-12-8-6-9-13-26)18-32(44)31(17-27-14-10-7-11-15-27)41-37(47)48-21-30-19-38-23-50-30;1-36(2,3)39-35(45)31-24-40(22-26-12-9-15-37-21-26)16-17-41(31)23-29(42)19-28(18-25-10-5-4-6-11-25)34(44)38-33-30-14-8-7-13-27(30)20-32(33)43/h6-15,19,22-25,28,31-33,44H,16-18,20-21H2,1-5H3,(H,39,45)(H,41,47)(H,42,46);4-15,21,28-29,31-33,42-43H,16-20,22-24H2,1-3H3,(H,38,44)(H,39,45)/t28-,31-,32-,33-;28-,29+,31+,32-,33+/m01/s1. The van der Waals surface area contributed by atoms with Crippen LogP contribution in [0.3, 0.4) is 0 Å². The number of pyridine rings is 1. The number of ether oxygens (including phenoxy) is 1. The number of rotatable bonds is 28. The number of nitrogens with one attached hydrogen (secondary N) is 5. The number of nitrogens with zero attached hydrogens (tertiary/aromatic N) is 6. The first-order valence-electron chi connectivity index (χ1n) is 32.8. The Morgan fingerprint density at radius 3 is 2.01 bits per heavy atom. The molecule has 508 valence electrons. The fraction of sp³-hybridized carbons (Fsp3) is 0.452. The molecule has 20 nitrogen and oxygen atoms in total. The van der Waals surface area contributed by atoms with Gasteiger partial charge in [-0.1, -0.05) is 149 Å². The Bertz CT molecular complexity index is 3490. The molecule has 1 aliphatic heterocycles. The Hall–Kier alpha value is -7.96. The van der Waals surface area contributed by atoms with Gasteiger partial charge in [0, 0.05) is 93.6 Å². The van der Waals surface area contributed by atoms with E-state index in [1.54, 1.807) is 36.3 Å². The zero-order valence-corrected chi connectivity index (χ0v) is 57.5. The number of piperazine rings is 1. The maximum Gasteiger partial charge on any atom is 0.407 e. The number of aliphatic hydroxyl groups is 3. The van der Waals surface area contributed by atoms with Gasteiger partial charge in [-0.15, -0.1) is 22.7 Å². The molecule has 9 atom stereocenters. The van der Waals surface area contributed by atoms with Gasteiger partial charge < -0.3 is 51.5 Å². The second-order valence-corrected chi connectivity index (χ2v) is 28.5. The van der Waals surface area contributed by atoms with Gasteiger partial charge in [0.15, 0.2) is 0 Å². The van der Waals surface area contributed by atoms with Gasteiger partial charge in [-0.3, -0.25) is 34.2 Å². The van der Waals surface area contributed by atoms with Crippen molar-refractivity contribution in [3.8, 4) is 0 Å². The van der Waals surface area contributed by atoms with Gasteiger partial charge in [-0.25, -0.2) is 14.6 Å². The summed E-state index contributed by atoms with van der Waals surface area (Å²) in [5.74, 6) is -1.06. The van der Waals surface area contributed by atoms with Crippen LogP contribution in [0.15, 0.2) is 157 Å². The quantitative estimate of drug-likeness (QED) is 0.0228. The maximum absolute atomic E-state index is 13.9. The molecule has 1 aliphatic carbocycles. The summed E-state index contributed by atoms with van der Waals surface area (Å²) in [4.78, 5) is 86.9. The van der Waals surface area contributed by atoms with Crippen molar-refractivity contribution in [3.63, 3.8) is 0 Å². The second kappa shape index (κ2) is 35.7. The van der Waals surface area contributed by atoms with Crippen LogP contribution in [0.25, 0.3) is 0 Å². The van der Waals surface area contributed by atoms with Crippen molar-refractivity contribution in [2.45, 2.75) is 167 Å². The third kappa shape index (κ3) is 23.1. The summed E-state index contributed by atoms with van der Waals surface area (Å²) in [6, 6.07) is 37.4. The lowest BCUT2D eigenvalue weighted by atomic mass is 9.91. The molecule has 1 fully saturated rings. The van der Waals surface area contributed by atoms with E-state index in [1.807, 2.05) is 174 Å². The van der Waals surface area contributed by atoms with Crippen molar-refractivity contribution in [3.05, 3.63) is 206 Å². The molecule has 1 saturated heterocycles. The molecule has 4 heterocycles. The average molecular weight is 1330 g/mol. The predicted octanol–water partition coefficient (Wildman–Crippen LogP) is 8.77. The third-order valence-electron chi connectivity index (χ3n) is 16.8. The molecule has 0 spiro atoms. The number of β-amino-alcohol motifs (C(OH)–C–C–N with tert-alkyl or cyclic N) is 1. The van der Waals surface area contributed by atoms with E-state index in [9.17, 15) is 39.3 Å². The highest BCUT2D eigenvalue weighted by molar-refractivity contribution is 7.09. The number of alkyl carbamates (subject to hydrolysis) is 1. The zero-order chi connectivity index (χ0) is 68.0. The Balaban J connectivity index is 0.000000245. The summed E-state index contributed by atoms with van der Waals surface area (Å²) in [5, 5.41) is 52.0. The number of urea groups is 1. The Labute approximate surface area is 567 Å². The molecule has 0 saturated carbocycles. The number of aromatic nitrogens is 3. The minimum atomic E-state index is -1.05. The van der Waals surface area contributed by atoms with Crippen LogP contribution in [0.4, 0.5) is 9.59 Å². The van der Waals surface area contributed by atoms with Crippen molar-refractivity contribution in [1.82, 2.24) is 56.2 Å². The zero-order valence-electron chi connectivity index (χ0n) is 55.8. The Morgan fingerprint density at radius 1 is 0.737 bits per heavy atom. The molecule has 7 aromatic rings. The third-order valence-corrected chi connectivity index (χ3v) is 18.8. The minimum Gasteiger partial charge on any atom is -0.444 e. The fourth-order valence-corrected chi connectivity index (χ4v) is 13.3. The van der Waals surface area contributed by atoms with Gasteiger partial charge in [0.2, 0.25) is 17.7 Å². The van der Waals surface area contributed by atoms with Gasteiger partial charge >= 0.3 is 12.1 Å². The molecule has 3 aromatic heterocycles. The first-order chi connectivity index (χ1) is 45.5. The van der Waals surface area contributed by atoms with E-state index in [4.69, 9.17) is 4.74 Å². The molecule has 22 heteroatoms. The van der Waals surface area contributed by atoms with Crippen LogP contribution in [0, 0.1) is 11.8 Å². The summed E-state index contributed by atoms with van der Waals surface area (Å²) >= 11 is 2.95. The van der Waals surface area contributed by atoms with Gasteiger partial charge in [0.1, 0.15) is 18.7 Å². The largest absolute Gasteiger partial charge is 0.444 e. The average Bonchev–Trinajstić information content (AvgIpc) is 1.74. The number of benzene rings is 4. The van der Waals surface area contributed by atoms with Crippen LogP contribution in [0.1, 0.15) is 122 Å². The molecule has 6 amide bonds. The monoisotopic (exact) mass is 1330 g/mol. The lowest BCUT2D eigenvalue weighted by Gasteiger charge is -2.42. The SMILES string of the molecule is CC(C)(C)NC(=O)[C@@H]1CN(Cc2cccnc2)CCN1C[C@@H](O)C[C@@H](Cc1ccccc1)C(=O)N[C@H]1c2ccccc2C[C@H]1O.CC(C)c1nc(CN(C)C(=O)N[C@H](C(=O)N[C@@H](Cc2ccccc2)C[C@H](O)[C@H](Cc2ccccc2)NC(=O)OCc2cncs2)C(C)C)cs1. The van der Waals surface area contributed by atoms with Crippen molar-refractivity contribution >= 4 is 52.5 Å². The van der Waals surface area contributed by atoms with Gasteiger partial charge in [0.25, 0.3) is 0 Å². The lowest BCUT2D eigenvalue weighted by molar-refractivity contribution is -0.132. The van der Waals surface area contributed by atoms with E-state index < -0.39 is 66.1 Å². The van der Waals surface area contributed by atoms with E-state index in [1.165, 1.54) is 16.2 Å².